The minimum absolute atomic E-state index is 0.00727. The lowest BCUT2D eigenvalue weighted by atomic mass is 9.69. The van der Waals surface area contributed by atoms with Gasteiger partial charge in [0.25, 0.3) is 0 Å². The maximum atomic E-state index is 13.8. The van der Waals surface area contributed by atoms with E-state index in [2.05, 4.69) is 17.4 Å². The normalized spacial score (nSPS) is 22.8. The number of amides is 3. The van der Waals surface area contributed by atoms with E-state index in [9.17, 15) is 14.4 Å². The van der Waals surface area contributed by atoms with Gasteiger partial charge in [0.05, 0.1) is 24.2 Å². The molecule has 0 aromatic heterocycles. The molecule has 2 unspecified atom stereocenters. The first-order valence-corrected chi connectivity index (χ1v) is 12.9. The second kappa shape index (κ2) is 11.0. The molecule has 8 nitrogen and oxygen atoms in total. The Balaban J connectivity index is 1.54. The van der Waals surface area contributed by atoms with Gasteiger partial charge in [0.1, 0.15) is 6.04 Å². The predicted molar refractivity (Wildman–Crippen MR) is 141 cm³/mol. The van der Waals surface area contributed by atoms with E-state index in [4.69, 9.17) is 10.5 Å². The number of nitrogens with zero attached hydrogens (tertiary/aromatic N) is 2. The topological polar surface area (TPSA) is 105 Å². The van der Waals surface area contributed by atoms with Gasteiger partial charge in [-0.15, -0.1) is 0 Å². The van der Waals surface area contributed by atoms with Crippen molar-refractivity contribution >= 4 is 17.7 Å². The molecule has 3 N–H and O–H groups in total. The summed E-state index contributed by atoms with van der Waals surface area (Å²) in [6.07, 6.45) is 1.43. The quantitative estimate of drug-likeness (QED) is 0.572. The number of piperidine rings is 1. The number of hydrogen-bond donors (Lipinski definition) is 2. The van der Waals surface area contributed by atoms with Crippen molar-refractivity contribution < 1.29 is 19.1 Å². The zero-order chi connectivity index (χ0) is 26.6. The molecule has 0 aliphatic carbocycles. The van der Waals surface area contributed by atoms with Crippen LogP contribution in [0.2, 0.25) is 0 Å². The Hall–Kier alpha value is -3.23. The molecule has 37 heavy (non-hydrogen) atoms. The molecule has 2 aliphatic rings. The SMILES string of the molecule is CN1CC(c2ccccc2)[C@@]2(CCCN(C(=O)C(COCc3ccccc3)NC(=O)C(C)(C)N)C2)C1=O. The van der Waals surface area contributed by atoms with Crippen LogP contribution in [0.3, 0.4) is 0 Å². The Bertz CT molecular complexity index is 1100. The Kier molecular flexibility index (Phi) is 7.99. The average Bonchev–Trinajstić information content (AvgIpc) is 3.13. The Labute approximate surface area is 219 Å². The minimum atomic E-state index is -1.15. The molecule has 3 atom stereocenters. The van der Waals surface area contributed by atoms with Gasteiger partial charge in [0.15, 0.2) is 0 Å². The standard InChI is InChI=1S/C29H38N4O4/c1-28(2,30)26(35)31-24(19-37-18-21-11-6-4-7-12-21)25(34)33-16-10-15-29(20-33)23(17-32(3)27(29)36)22-13-8-5-9-14-22/h4-9,11-14,23-24H,10,15-20,30H2,1-3H3,(H,31,35)/t23?,24?,29-/m0/s1. The van der Waals surface area contributed by atoms with Crippen molar-refractivity contribution in [3.05, 3.63) is 71.8 Å². The van der Waals surface area contributed by atoms with Gasteiger partial charge in [-0.2, -0.15) is 0 Å². The molecule has 3 amide bonds. The molecule has 8 heteroatoms. The molecular weight excluding hydrogens is 468 g/mol. The number of likely N-dealkylation sites (N-methyl/N-ethyl adjacent to an activating group) is 1. The van der Waals surface area contributed by atoms with E-state index in [1.165, 1.54) is 0 Å². The Morgan fingerprint density at radius 1 is 1.14 bits per heavy atom. The number of carbonyl (C=O) groups excluding carboxylic acids is 3. The number of hydrogen-bond acceptors (Lipinski definition) is 5. The van der Waals surface area contributed by atoms with Gasteiger partial charge >= 0.3 is 0 Å². The number of benzene rings is 2. The summed E-state index contributed by atoms with van der Waals surface area (Å²) in [4.78, 5) is 43.6. The predicted octanol–water partition coefficient (Wildman–Crippen LogP) is 2.29. The van der Waals surface area contributed by atoms with E-state index in [-0.39, 0.29) is 24.3 Å². The molecular formula is C29H38N4O4. The molecule has 2 heterocycles. The van der Waals surface area contributed by atoms with Crippen LogP contribution >= 0.6 is 0 Å². The van der Waals surface area contributed by atoms with Crippen LogP contribution in [0, 0.1) is 5.41 Å². The monoisotopic (exact) mass is 506 g/mol. The van der Waals surface area contributed by atoms with Gasteiger partial charge in [-0.1, -0.05) is 60.7 Å². The van der Waals surface area contributed by atoms with E-state index in [1.54, 1.807) is 23.6 Å². The number of likely N-dealkylation sites (tertiary alicyclic amines) is 2. The van der Waals surface area contributed by atoms with E-state index in [0.717, 1.165) is 17.5 Å². The van der Waals surface area contributed by atoms with E-state index < -0.39 is 22.9 Å². The van der Waals surface area contributed by atoms with Crippen molar-refractivity contribution in [2.24, 2.45) is 11.1 Å². The maximum Gasteiger partial charge on any atom is 0.247 e. The van der Waals surface area contributed by atoms with E-state index >= 15 is 0 Å². The summed E-state index contributed by atoms with van der Waals surface area (Å²) in [6.45, 7) is 4.98. The first-order valence-electron chi connectivity index (χ1n) is 12.9. The molecule has 198 valence electrons. The van der Waals surface area contributed by atoms with Crippen LogP contribution < -0.4 is 11.1 Å². The summed E-state index contributed by atoms with van der Waals surface area (Å²) in [6, 6.07) is 18.8. The molecule has 2 saturated heterocycles. The summed E-state index contributed by atoms with van der Waals surface area (Å²) in [5.74, 6) is -0.617. The number of nitrogens with one attached hydrogen (secondary N) is 1. The zero-order valence-electron chi connectivity index (χ0n) is 22.0. The third-order valence-corrected chi connectivity index (χ3v) is 7.52. The highest BCUT2D eigenvalue weighted by atomic mass is 16.5. The van der Waals surface area contributed by atoms with Crippen molar-refractivity contribution in [3.63, 3.8) is 0 Å². The lowest BCUT2D eigenvalue weighted by molar-refractivity contribution is -0.147. The van der Waals surface area contributed by atoms with Crippen molar-refractivity contribution in [3.8, 4) is 0 Å². The van der Waals surface area contributed by atoms with Gasteiger partial charge in [-0.3, -0.25) is 14.4 Å². The number of carbonyl (C=O) groups is 3. The van der Waals surface area contributed by atoms with Crippen LogP contribution in [0.4, 0.5) is 0 Å². The van der Waals surface area contributed by atoms with Crippen LogP contribution in [0.25, 0.3) is 0 Å². The van der Waals surface area contributed by atoms with Gasteiger partial charge in [-0.05, 0) is 37.8 Å². The fourth-order valence-corrected chi connectivity index (χ4v) is 5.51. The zero-order valence-corrected chi connectivity index (χ0v) is 22.0. The third kappa shape index (κ3) is 5.86. The van der Waals surface area contributed by atoms with Crippen LogP contribution in [0.5, 0.6) is 0 Å². The van der Waals surface area contributed by atoms with Gasteiger partial charge in [-0.25, -0.2) is 0 Å². The minimum Gasteiger partial charge on any atom is -0.374 e. The number of nitrogens with two attached hydrogens (primary N) is 1. The lowest BCUT2D eigenvalue weighted by Gasteiger charge is -2.43. The molecule has 0 radical (unpaired) electrons. The van der Waals surface area contributed by atoms with Crippen molar-refractivity contribution in [1.82, 2.24) is 15.1 Å². The summed E-state index contributed by atoms with van der Waals surface area (Å²) in [5, 5.41) is 2.81. The molecule has 2 aliphatic heterocycles. The highest BCUT2D eigenvalue weighted by Gasteiger charge is 2.55. The molecule has 4 rings (SSSR count). The fraction of sp³-hybridized carbons (Fsp3) is 0.483. The second-order valence-corrected chi connectivity index (χ2v) is 10.9. The van der Waals surface area contributed by atoms with Crippen LogP contribution in [-0.4, -0.2) is 72.4 Å². The van der Waals surface area contributed by atoms with E-state index in [0.29, 0.717) is 32.7 Å². The summed E-state index contributed by atoms with van der Waals surface area (Å²) in [5.41, 5.74) is 6.26. The molecule has 2 aromatic carbocycles. The molecule has 2 fully saturated rings. The average molecular weight is 507 g/mol. The molecule has 2 aromatic rings. The van der Waals surface area contributed by atoms with Crippen LogP contribution in [0.1, 0.15) is 43.7 Å². The second-order valence-electron chi connectivity index (χ2n) is 10.9. The van der Waals surface area contributed by atoms with Crippen LogP contribution in [0.15, 0.2) is 60.7 Å². The lowest BCUT2D eigenvalue weighted by Crippen LogP contribution is -2.60. The van der Waals surface area contributed by atoms with Gasteiger partial charge in [0.2, 0.25) is 17.7 Å². The fourth-order valence-electron chi connectivity index (χ4n) is 5.51. The maximum absolute atomic E-state index is 13.8. The van der Waals surface area contributed by atoms with Gasteiger partial charge in [0, 0.05) is 32.6 Å². The first kappa shape index (κ1) is 26.8. The largest absolute Gasteiger partial charge is 0.374 e. The Morgan fingerprint density at radius 2 is 1.78 bits per heavy atom. The molecule has 0 bridgehead atoms. The molecule has 1 spiro atoms. The summed E-state index contributed by atoms with van der Waals surface area (Å²) < 4.78 is 5.87. The smallest absolute Gasteiger partial charge is 0.247 e. The highest BCUT2D eigenvalue weighted by molar-refractivity contribution is 5.92. The summed E-state index contributed by atoms with van der Waals surface area (Å²) in [7, 11) is 1.83. The van der Waals surface area contributed by atoms with E-state index in [1.807, 2.05) is 55.6 Å². The van der Waals surface area contributed by atoms with Gasteiger partial charge < -0.3 is 25.6 Å². The number of rotatable bonds is 8. The highest BCUT2D eigenvalue weighted by Crippen LogP contribution is 2.49. The number of ether oxygens (including phenoxy) is 1. The van der Waals surface area contributed by atoms with Crippen molar-refractivity contribution in [1.29, 1.82) is 0 Å². The summed E-state index contributed by atoms with van der Waals surface area (Å²) >= 11 is 0. The van der Waals surface area contributed by atoms with Crippen molar-refractivity contribution in [2.45, 2.75) is 50.8 Å². The first-order chi connectivity index (χ1) is 17.6. The van der Waals surface area contributed by atoms with Crippen LogP contribution in [-0.2, 0) is 25.7 Å². The van der Waals surface area contributed by atoms with Crippen molar-refractivity contribution in [2.75, 3.05) is 33.3 Å². The Morgan fingerprint density at radius 3 is 2.43 bits per heavy atom. The molecule has 0 saturated carbocycles. The third-order valence-electron chi connectivity index (χ3n) is 7.52.